The van der Waals surface area contributed by atoms with Crippen LogP contribution in [0.3, 0.4) is 0 Å². The second-order valence-electron chi connectivity index (χ2n) is 6.48. The molecular weight excluding hydrogens is 582 g/mol. The summed E-state index contributed by atoms with van der Waals surface area (Å²) in [5, 5.41) is 4.59. The van der Waals surface area contributed by atoms with E-state index >= 15 is 0 Å². The lowest BCUT2D eigenvalue weighted by atomic mass is 10.2. The third-order valence-corrected chi connectivity index (χ3v) is 5.87. The summed E-state index contributed by atoms with van der Waals surface area (Å²) in [5.41, 5.74) is 3.72. The maximum Gasteiger partial charge on any atom is 0.343 e. The third kappa shape index (κ3) is 6.37. The number of esters is 1. The van der Waals surface area contributed by atoms with Gasteiger partial charge in [-0.05, 0) is 82.8 Å². The van der Waals surface area contributed by atoms with Crippen LogP contribution < -0.4 is 19.6 Å². The van der Waals surface area contributed by atoms with Gasteiger partial charge in [0.25, 0.3) is 5.91 Å². The molecule has 170 valence electrons. The zero-order valence-electron chi connectivity index (χ0n) is 17.4. The number of methoxy groups -OCH3 is 2. The molecule has 0 saturated heterocycles. The molecule has 0 unspecified atom stereocenters. The first-order valence-corrected chi connectivity index (χ1v) is 11.2. The minimum Gasteiger partial charge on any atom is -0.497 e. The van der Waals surface area contributed by atoms with Crippen LogP contribution >= 0.6 is 45.8 Å². The van der Waals surface area contributed by atoms with Crippen LogP contribution in [0.4, 0.5) is 0 Å². The zero-order valence-corrected chi connectivity index (χ0v) is 21.1. The number of nitrogens with zero attached hydrogens (tertiary/aromatic N) is 1. The molecule has 33 heavy (non-hydrogen) atoms. The van der Waals surface area contributed by atoms with Gasteiger partial charge < -0.3 is 14.2 Å². The lowest BCUT2D eigenvalue weighted by molar-refractivity contribution is 0.0728. The summed E-state index contributed by atoms with van der Waals surface area (Å²) in [5.74, 6) is 0.256. The molecule has 3 rings (SSSR count). The van der Waals surface area contributed by atoms with Crippen molar-refractivity contribution in [2.24, 2.45) is 5.10 Å². The van der Waals surface area contributed by atoms with Gasteiger partial charge in [0, 0.05) is 5.56 Å². The fraction of sp³-hybridized carbons (Fsp3) is 0.0870. The van der Waals surface area contributed by atoms with Gasteiger partial charge in [-0.3, -0.25) is 4.79 Å². The quantitative estimate of drug-likeness (QED) is 0.126. The molecule has 1 N–H and O–H groups in total. The molecule has 0 bridgehead atoms. The molecule has 0 spiro atoms. The number of benzene rings is 3. The summed E-state index contributed by atoms with van der Waals surface area (Å²) in [6, 6.07) is 14.4. The van der Waals surface area contributed by atoms with Crippen LogP contribution in [-0.4, -0.2) is 32.3 Å². The Labute approximate surface area is 213 Å². The number of carbonyl (C=O) groups is 2. The number of carbonyl (C=O) groups excluding carboxylic acids is 2. The Morgan fingerprint density at radius 2 is 1.64 bits per heavy atom. The number of hydrazone groups is 1. The smallest absolute Gasteiger partial charge is 0.343 e. The van der Waals surface area contributed by atoms with Gasteiger partial charge in [-0.2, -0.15) is 5.10 Å². The van der Waals surface area contributed by atoms with Crippen molar-refractivity contribution in [2.75, 3.05) is 14.2 Å². The molecule has 0 atom stereocenters. The molecule has 0 radical (unpaired) electrons. The lowest BCUT2D eigenvalue weighted by Crippen LogP contribution is -2.17. The first kappa shape index (κ1) is 24.8. The van der Waals surface area contributed by atoms with Gasteiger partial charge in [0.2, 0.25) is 0 Å². The number of amides is 1. The van der Waals surface area contributed by atoms with Crippen LogP contribution in [-0.2, 0) is 0 Å². The zero-order chi connectivity index (χ0) is 24.0. The van der Waals surface area contributed by atoms with Crippen molar-refractivity contribution in [1.29, 1.82) is 0 Å². The molecule has 0 heterocycles. The largest absolute Gasteiger partial charge is 0.497 e. The van der Waals surface area contributed by atoms with Crippen LogP contribution in [0.25, 0.3) is 0 Å². The highest BCUT2D eigenvalue weighted by Gasteiger charge is 2.17. The summed E-state index contributed by atoms with van der Waals surface area (Å²) < 4.78 is 16.6. The molecule has 7 nitrogen and oxygen atoms in total. The average molecular weight is 599 g/mol. The molecule has 0 aliphatic rings. The first-order chi connectivity index (χ1) is 15.8. The molecule has 0 saturated carbocycles. The summed E-state index contributed by atoms with van der Waals surface area (Å²) in [6.45, 7) is 0. The monoisotopic (exact) mass is 598 g/mol. The standard InChI is InChI=1S/C23H17Cl2IN2O5/c1-31-16-6-3-14(4-7-16)23(30)33-21-19(26)9-13(10-20(21)32-2)12-27-28-22(29)15-5-8-17(24)18(25)11-15/h3-12H,1-2H3,(H,28,29)/b27-12-. The Hall–Kier alpha value is -2.82. The summed E-state index contributed by atoms with van der Waals surface area (Å²) in [6.07, 6.45) is 1.44. The van der Waals surface area contributed by atoms with E-state index in [9.17, 15) is 9.59 Å². The molecular formula is C23H17Cl2IN2O5. The highest BCUT2D eigenvalue weighted by molar-refractivity contribution is 14.1. The van der Waals surface area contributed by atoms with Crippen LogP contribution in [0.2, 0.25) is 10.0 Å². The Bertz CT molecular complexity index is 1220. The normalized spacial score (nSPS) is 10.7. The fourth-order valence-corrected chi connectivity index (χ4v) is 3.69. The molecule has 3 aromatic carbocycles. The Morgan fingerprint density at radius 1 is 0.939 bits per heavy atom. The van der Waals surface area contributed by atoms with Crippen molar-refractivity contribution < 1.29 is 23.8 Å². The van der Waals surface area contributed by atoms with Crippen molar-refractivity contribution in [1.82, 2.24) is 5.43 Å². The second kappa shape index (κ2) is 11.4. The molecule has 0 aliphatic heterocycles. The molecule has 0 aliphatic carbocycles. The van der Waals surface area contributed by atoms with Crippen molar-refractivity contribution >= 4 is 63.9 Å². The molecule has 10 heteroatoms. The van der Waals surface area contributed by atoms with E-state index in [1.165, 1.54) is 31.5 Å². The lowest BCUT2D eigenvalue weighted by Gasteiger charge is -2.12. The summed E-state index contributed by atoms with van der Waals surface area (Å²) >= 11 is 13.8. The maximum atomic E-state index is 12.5. The van der Waals surface area contributed by atoms with E-state index < -0.39 is 11.9 Å². The van der Waals surface area contributed by atoms with E-state index in [0.29, 0.717) is 36.8 Å². The molecule has 0 aromatic heterocycles. The number of hydrogen-bond donors (Lipinski definition) is 1. The van der Waals surface area contributed by atoms with Gasteiger partial charge in [-0.15, -0.1) is 0 Å². The van der Waals surface area contributed by atoms with E-state index in [-0.39, 0.29) is 10.8 Å². The van der Waals surface area contributed by atoms with Crippen molar-refractivity contribution in [3.05, 3.63) is 84.9 Å². The van der Waals surface area contributed by atoms with Crippen LogP contribution in [0, 0.1) is 3.57 Å². The number of hydrogen-bond acceptors (Lipinski definition) is 6. The van der Waals surface area contributed by atoms with Crippen molar-refractivity contribution in [3.8, 4) is 17.2 Å². The van der Waals surface area contributed by atoms with Gasteiger partial charge >= 0.3 is 5.97 Å². The van der Waals surface area contributed by atoms with Gasteiger partial charge in [0.05, 0.1) is 39.6 Å². The van der Waals surface area contributed by atoms with E-state index in [1.807, 2.05) is 22.6 Å². The Kier molecular flexibility index (Phi) is 8.54. The van der Waals surface area contributed by atoms with Crippen molar-refractivity contribution in [2.45, 2.75) is 0 Å². The number of halogens is 3. The Balaban J connectivity index is 1.73. The highest BCUT2D eigenvalue weighted by atomic mass is 127. The fourth-order valence-electron chi connectivity index (χ4n) is 2.66. The van der Waals surface area contributed by atoms with Gasteiger partial charge in [0.1, 0.15) is 5.75 Å². The molecule has 3 aromatic rings. The molecule has 0 fully saturated rings. The first-order valence-electron chi connectivity index (χ1n) is 9.34. The van der Waals surface area contributed by atoms with Crippen LogP contribution in [0.15, 0.2) is 59.7 Å². The minimum absolute atomic E-state index is 0.271. The van der Waals surface area contributed by atoms with Gasteiger partial charge in [-0.25, -0.2) is 10.2 Å². The third-order valence-electron chi connectivity index (χ3n) is 4.33. The van der Waals surface area contributed by atoms with E-state index in [1.54, 1.807) is 43.5 Å². The highest BCUT2D eigenvalue weighted by Crippen LogP contribution is 2.34. The van der Waals surface area contributed by atoms with Crippen LogP contribution in [0.1, 0.15) is 26.3 Å². The summed E-state index contributed by atoms with van der Waals surface area (Å²) in [4.78, 5) is 24.8. The van der Waals surface area contributed by atoms with Gasteiger partial charge in [-0.1, -0.05) is 23.2 Å². The minimum atomic E-state index is -0.538. The molecule has 1 amide bonds. The average Bonchev–Trinajstić information content (AvgIpc) is 2.82. The number of rotatable bonds is 7. The van der Waals surface area contributed by atoms with E-state index in [0.717, 1.165) is 0 Å². The second-order valence-corrected chi connectivity index (χ2v) is 8.46. The topological polar surface area (TPSA) is 86.2 Å². The predicted octanol–water partition coefficient (Wildman–Crippen LogP) is 5.60. The predicted molar refractivity (Wildman–Crippen MR) is 135 cm³/mol. The van der Waals surface area contributed by atoms with E-state index in [4.69, 9.17) is 37.4 Å². The SMILES string of the molecule is COc1ccc(C(=O)Oc2c(I)cc(/C=N\NC(=O)c3ccc(Cl)c(Cl)c3)cc2OC)cc1. The van der Waals surface area contributed by atoms with E-state index in [2.05, 4.69) is 10.5 Å². The maximum absolute atomic E-state index is 12.5. The number of nitrogens with one attached hydrogen (secondary N) is 1. The Morgan fingerprint density at radius 3 is 2.27 bits per heavy atom. The van der Waals surface area contributed by atoms with Gasteiger partial charge in [0.15, 0.2) is 11.5 Å². The number of ether oxygens (including phenoxy) is 3. The van der Waals surface area contributed by atoms with Crippen LogP contribution in [0.5, 0.6) is 17.2 Å². The van der Waals surface area contributed by atoms with Crippen molar-refractivity contribution in [3.63, 3.8) is 0 Å². The summed E-state index contributed by atoms with van der Waals surface area (Å²) in [7, 11) is 3.01.